The fourth-order valence-electron chi connectivity index (χ4n) is 8.40. The average Bonchev–Trinajstić information content (AvgIpc) is 3.22. The Kier molecular flexibility index (Phi) is 5.00. The second kappa shape index (κ2) is 7.58. The predicted octanol–water partition coefficient (Wildman–Crippen LogP) is 4.24. The van der Waals surface area contributed by atoms with Crippen LogP contribution in [0.3, 0.4) is 0 Å². The molecule has 2 aromatic rings. The van der Waals surface area contributed by atoms with Crippen LogP contribution in [0.25, 0.3) is 10.8 Å². The molecule has 0 saturated heterocycles. The molecular weight excluding hydrogens is 436 g/mol. The van der Waals surface area contributed by atoms with E-state index in [0.717, 1.165) is 35.6 Å². The van der Waals surface area contributed by atoms with E-state index in [1.54, 1.807) is 12.4 Å². The molecule has 2 fully saturated rings. The van der Waals surface area contributed by atoms with Crippen LogP contribution in [0.4, 0.5) is 0 Å². The number of pyridine rings is 1. The summed E-state index contributed by atoms with van der Waals surface area (Å²) in [4.78, 5) is 20.3. The van der Waals surface area contributed by atoms with Crippen LogP contribution in [-0.2, 0) is 10.4 Å². The van der Waals surface area contributed by atoms with Gasteiger partial charge in [-0.1, -0.05) is 49.8 Å². The van der Waals surface area contributed by atoms with Crippen molar-refractivity contribution < 1.29 is 15.0 Å². The number of hydrogen-bond acceptors (Lipinski definition) is 5. The lowest BCUT2D eigenvalue weighted by Gasteiger charge is -2.63. The van der Waals surface area contributed by atoms with Crippen LogP contribution < -0.4 is 0 Å². The molecule has 1 heterocycles. The molecule has 2 N–H and O–H groups in total. The van der Waals surface area contributed by atoms with Gasteiger partial charge >= 0.3 is 0 Å². The SMILES string of the molecule is CN(C)[C@H]1C=C2CC[C@H]3[C@@H]4CC=C[C@@]4(C)CC(=O)[C@@H]3[C@@]2(C)[C@](O)(c2ccc3ccncc3c2)[C@@H]1O. The van der Waals surface area contributed by atoms with Gasteiger partial charge in [0.25, 0.3) is 0 Å². The Balaban J connectivity index is 1.58. The lowest BCUT2D eigenvalue weighted by atomic mass is 9.42. The van der Waals surface area contributed by atoms with Gasteiger partial charge in [-0.2, -0.15) is 0 Å². The van der Waals surface area contributed by atoms with Crippen molar-refractivity contribution in [1.82, 2.24) is 9.88 Å². The normalized spacial score (nSPS) is 42.5. The minimum Gasteiger partial charge on any atom is -0.388 e. The number of hydrogen-bond donors (Lipinski definition) is 2. The molecule has 5 nitrogen and oxygen atoms in total. The number of fused-ring (bicyclic) bond motifs is 6. The van der Waals surface area contributed by atoms with Crippen LogP contribution in [0.5, 0.6) is 0 Å². The van der Waals surface area contributed by atoms with Crippen molar-refractivity contribution in [3.8, 4) is 0 Å². The van der Waals surface area contributed by atoms with E-state index in [0.29, 0.717) is 17.9 Å². The third-order valence-corrected chi connectivity index (χ3v) is 10.2. The van der Waals surface area contributed by atoms with Gasteiger partial charge in [-0.3, -0.25) is 9.78 Å². The van der Waals surface area contributed by atoms with Crippen molar-refractivity contribution >= 4 is 16.6 Å². The Hall–Kier alpha value is -2.34. The van der Waals surface area contributed by atoms with E-state index in [9.17, 15) is 15.0 Å². The molecule has 0 spiro atoms. The molecule has 1 aromatic heterocycles. The molecule has 5 heteroatoms. The van der Waals surface area contributed by atoms with Gasteiger partial charge < -0.3 is 15.1 Å². The van der Waals surface area contributed by atoms with Gasteiger partial charge in [0, 0.05) is 35.5 Å². The first-order valence-electron chi connectivity index (χ1n) is 12.9. The van der Waals surface area contributed by atoms with E-state index in [1.807, 2.05) is 43.3 Å². The number of likely N-dealkylation sites (N-methyl/N-ethyl adjacent to an activating group) is 1. The molecule has 4 aliphatic rings. The lowest BCUT2D eigenvalue weighted by molar-refractivity contribution is -0.210. The minimum absolute atomic E-state index is 0.0952. The van der Waals surface area contributed by atoms with Gasteiger partial charge in [0.1, 0.15) is 17.5 Å². The number of carbonyl (C=O) groups excluding carboxylic acids is 1. The number of aliphatic hydroxyl groups is 2. The highest BCUT2D eigenvalue weighted by Crippen LogP contribution is 2.67. The summed E-state index contributed by atoms with van der Waals surface area (Å²) in [6.45, 7) is 4.28. The minimum atomic E-state index is -1.62. The first-order chi connectivity index (χ1) is 16.6. The van der Waals surface area contributed by atoms with E-state index in [4.69, 9.17) is 0 Å². The molecule has 0 amide bonds. The van der Waals surface area contributed by atoms with Crippen molar-refractivity contribution in [3.05, 3.63) is 66.0 Å². The summed E-state index contributed by atoms with van der Waals surface area (Å²) in [6, 6.07) is 7.49. The summed E-state index contributed by atoms with van der Waals surface area (Å²) in [5.41, 5.74) is -0.827. The summed E-state index contributed by atoms with van der Waals surface area (Å²) < 4.78 is 0. The predicted molar refractivity (Wildman–Crippen MR) is 137 cm³/mol. The van der Waals surface area contributed by atoms with E-state index in [1.165, 1.54) is 0 Å². The van der Waals surface area contributed by atoms with Crippen LogP contribution in [0.15, 0.2) is 60.5 Å². The Morgan fingerprint density at radius 1 is 1.14 bits per heavy atom. The number of Topliss-reactive ketones (excluding diaryl/α,β-unsaturated/α-hetero) is 1. The molecule has 8 atom stereocenters. The number of nitrogens with zero attached hydrogens (tertiary/aromatic N) is 2. The molecule has 0 aliphatic heterocycles. The second-order valence-electron chi connectivity index (χ2n) is 12.1. The van der Waals surface area contributed by atoms with Crippen LogP contribution in [-0.4, -0.2) is 52.1 Å². The van der Waals surface area contributed by atoms with E-state index in [2.05, 4.69) is 37.1 Å². The Labute approximate surface area is 207 Å². The molecule has 0 bridgehead atoms. The van der Waals surface area contributed by atoms with Crippen LogP contribution in [0, 0.1) is 28.6 Å². The maximum Gasteiger partial charge on any atom is 0.138 e. The lowest BCUT2D eigenvalue weighted by Crippen LogP contribution is -2.68. The van der Waals surface area contributed by atoms with Crippen LogP contribution >= 0.6 is 0 Å². The number of benzene rings is 1. The zero-order valence-electron chi connectivity index (χ0n) is 21.1. The number of carbonyl (C=O) groups is 1. The van der Waals surface area contributed by atoms with Gasteiger partial charge in [0.15, 0.2) is 0 Å². The first kappa shape index (κ1) is 23.1. The van der Waals surface area contributed by atoms with Gasteiger partial charge in [-0.05, 0) is 73.7 Å². The van der Waals surface area contributed by atoms with Crippen molar-refractivity contribution in [2.24, 2.45) is 28.6 Å². The maximum absolute atomic E-state index is 14.0. The summed E-state index contributed by atoms with van der Waals surface area (Å²) in [5.74, 6) is 0.491. The summed E-state index contributed by atoms with van der Waals surface area (Å²) in [5, 5.41) is 26.8. The molecule has 6 rings (SSSR count). The van der Waals surface area contributed by atoms with Crippen molar-refractivity contribution in [2.45, 2.75) is 57.3 Å². The fraction of sp³-hybridized carbons (Fsp3) is 0.533. The second-order valence-corrected chi connectivity index (χ2v) is 12.1. The highest BCUT2D eigenvalue weighted by molar-refractivity contribution is 5.86. The van der Waals surface area contributed by atoms with Crippen molar-refractivity contribution in [1.29, 1.82) is 0 Å². The molecule has 4 aliphatic carbocycles. The molecule has 0 radical (unpaired) electrons. The first-order valence-corrected chi connectivity index (χ1v) is 12.9. The average molecular weight is 473 g/mol. The number of allylic oxidation sites excluding steroid dienone is 2. The standard InChI is InChI=1S/C30H36N2O3/c1-28-12-5-6-23(28)22-10-9-20-15-24(32(3)4)27(34)30(35,29(20,2)26(22)25(33)16-28)21-8-7-18-11-13-31-17-19(18)14-21/h5,7-8,11-15,17,22-24,26-27,34-35H,6,9-10,16H2,1-4H3/t22-,23-,24-,26+,27+,28-,29-,30-/m0/s1. The quantitative estimate of drug-likeness (QED) is 0.640. The topological polar surface area (TPSA) is 73.7 Å². The molecule has 0 unspecified atom stereocenters. The summed E-state index contributed by atoms with van der Waals surface area (Å²) >= 11 is 0. The molecule has 2 saturated carbocycles. The fourth-order valence-corrected chi connectivity index (χ4v) is 8.40. The third-order valence-electron chi connectivity index (χ3n) is 10.2. The number of ketones is 1. The number of rotatable bonds is 2. The van der Waals surface area contributed by atoms with Crippen molar-refractivity contribution in [3.63, 3.8) is 0 Å². The van der Waals surface area contributed by atoms with Gasteiger partial charge in [-0.25, -0.2) is 0 Å². The van der Waals surface area contributed by atoms with Crippen LogP contribution in [0.1, 0.15) is 45.1 Å². The summed E-state index contributed by atoms with van der Waals surface area (Å²) in [7, 11) is 3.87. The molecule has 35 heavy (non-hydrogen) atoms. The smallest absolute Gasteiger partial charge is 0.138 e. The highest BCUT2D eigenvalue weighted by atomic mass is 16.3. The number of aromatic nitrogens is 1. The number of aliphatic hydroxyl groups excluding tert-OH is 1. The maximum atomic E-state index is 14.0. The Bertz CT molecular complexity index is 1270. The zero-order valence-corrected chi connectivity index (χ0v) is 21.1. The van der Waals surface area contributed by atoms with E-state index < -0.39 is 17.1 Å². The van der Waals surface area contributed by atoms with Gasteiger partial charge in [0.2, 0.25) is 0 Å². The van der Waals surface area contributed by atoms with Crippen molar-refractivity contribution in [2.75, 3.05) is 14.1 Å². The zero-order chi connectivity index (χ0) is 24.8. The van der Waals surface area contributed by atoms with E-state index in [-0.39, 0.29) is 29.1 Å². The van der Waals surface area contributed by atoms with Gasteiger partial charge in [-0.15, -0.1) is 0 Å². The third kappa shape index (κ3) is 2.92. The molecule has 1 aromatic carbocycles. The Morgan fingerprint density at radius 2 is 1.94 bits per heavy atom. The largest absolute Gasteiger partial charge is 0.388 e. The summed E-state index contributed by atoms with van der Waals surface area (Å²) in [6.07, 6.45) is 12.4. The monoisotopic (exact) mass is 472 g/mol. The molecule has 184 valence electrons. The van der Waals surface area contributed by atoms with Crippen LogP contribution in [0.2, 0.25) is 0 Å². The Morgan fingerprint density at radius 3 is 2.71 bits per heavy atom. The highest BCUT2D eigenvalue weighted by Gasteiger charge is 2.68. The van der Waals surface area contributed by atoms with Gasteiger partial charge in [0.05, 0.1) is 6.04 Å². The molecular formula is C30H36N2O3. The van der Waals surface area contributed by atoms with E-state index >= 15 is 0 Å².